The molecule has 1 radical (unpaired) electrons. The van der Waals surface area contributed by atoms with E-state index in [-0.39, 0.29) is 30.7 Å². The van der Waals surface area contributed by atoms with E-state index in [4.69, 9.17) is 24.6 Å². The van der Waals surface area contributed by atoms with E-state index in [9.17, 15) is 10.2 Å². The maximum Gasteiger partial charge on any atom is 0.334 e. The number of aliphatic hydroxyl groups is 2. The van der Waals surface area contributed by atoms with Crippen molar-refractivity contribution in [2.45, 2.75) is 122 Å². The second-order valence-corrected chi connectivity index (χ2v) is 11.7. The third kappa shape index (κ3) is 7.45. The highest BCUT2D eigenvalue weighted by Crippen LogP contribution is 2.50. The lowest BCUT2D eigenvalue weighted by Crippen LogP contribution is -2.55. The van der Waals surface area contributed by atoms with Gasteiger partial charge in [-0.25, -0.2) is 0 Å². The van der Waals surface area contributed by atoms with Crippen LogP contribution in [-0.2, 0) is 18.9 Å². The van der Waals surface area contributed by atoms with Crippen LogP contribution in [0.5, 0.6) is 0 Å². The van der Waals surface area contributed by atoms with Crippen molar-refractivity contribution in [3.63, 3.8) is 0 Å². The molecule has 0 aromatic heterocycles. The van der Waals surface area contributed by atoms with Crippen LogP contribution in [0.15, 0.2) is 11.8 Å². The van der Waals surface area contributed by atoms with Gasteiger partial charge < -0.3 is 34.8 Å². The van der Waals surface area contributed by atoms with Gasteiger partial charge in [0.2, 0.25) is 0 Å². The van der Waals surface area contributed by atoms with Crippen molar-refractivity contribution in [1.82, 2.24) is 0 Å². The first-order valence-corrected chi connectivity index (χ1v) is 13.6. The molecule has 4 N–H and O–H groups in total. The Morgan fingerprint density at radius 2 is 1.80 bits per heavy atom. The van der Waals surface area contributed by atoms with Gasteiger partial charge in [0.1, 0.15) is 5.50 Å². The first-order valence-electron chi connectivity index (χ1n) is 13.6. The van der Waals surface area contributed by atoms with Gasteiger partial charge in [0.05, 0.1) is 48.4 Å². The van der Waals surface area contributed by atoms with Crippen molar-refractivity contribution < 1.29 is 29.1 Å². The molecule has 0 spiro atoms. The number of unbranched alkanes of at least 4 members (excludes halogenated alkanes) is 2. The molecule has 203 valence electrons. The Balaban J connectivity index is 2.30. The van der Waals surface area contributed by atoms with Crippen molar-refractivity contribution in [3.8, 4) is 0 Å². The first-order chi connectivity index (χ1) is 16.3. The number of hydrogen-bond acceptors (Lipinski definition) is 7. The van der Waals surface area contributed by atoms with Crippen LogP contribution in [0, 0.1) is 17.8 Å². The van der Waals surface area contributed by atoms with Gasteiger partial charge in [-0.2, -0.15) is 0 Å². The summed E-state index contributed by atoms with van der Waals surface area (Å²) in [6.45, 7) is 17.0. The Hall–Kier alpha value is -0.635. The summed E-state index contributed by atoms with van der Waals surface area (Å²) in [6.07, 6.45) is 6.73. The van der Waals surface area contributed by atoms with E-state index in [0.29, 0.717) is 19.1 Å². The third-order valence-electron chi connectivity index (χ3n) is 7.92. The van der Waals surface area contributed by atoms with E-state index >= 15 is 0 Å². The van der Waals surface area contributed by atoms with E-state index in [1.807, 2.05) is 13.8 Å². The molecule has 8 heteroatoms. The number of ether oxygens (including phenoxy) is 3. The van der Waals surface area contributed by atoms with Gasteiger partial charge in [-0.15, -0.1) is 0 Å². The second kappa shape index (κ2) is 12.7. The quantitative estimate of drug-likeness (QED) is 0.170. The van der Waals surface area contributed by atoms with Crippen LogP contribution in [-0.4, -0.2) is 72.5 Å². The zero-order valence-electron chi connectivity index (χ0n) is 23.4. The van der Waals surface area contributed by atoms with E-state index in [0.717, 1.165) is 37.9 Å². The Labute approximate surface area is 214 Å². The number of allylic oxidation sites excluding steroid dienone is 1. The summed E-state index contributed by atoms with van der Waals surface area (Å²) in [4.78, 5) is 0. The summed E-state index contributed by atoms with van der Waals surface area (Å²) in [5.41, 5.74) is 3.51. The van der Waals surface area contributed by atoms with Crippen molar-refractivity contribution >= 4 is 7.48 Å². The molecule has 0 saturated carbocycles. The van der Waals surface area contributed by atoms with Crippen molar-refractivity contribution in [2.75, 3.05) is 19.8 Å². The molecule has 35 heavy (non-hydrogen) atoms. The molecule has 6 atom stereocenters. The molecular formula is C27H51BNO6. The van der Waals surface area contributed by atoms with E-state index in [2.05, 4.69) is 33.8 Å². The Kier molecular flexibility index (Phi) is 11.1. The molecule has 0 bridgehead atoms. The zero-order chi connectivity index (χ0) is 26.4. The van der Waals surface area contributed by atoms with Gasteiger partial charge in [0.15, 0.2) is 0 Å². The number of nitrogens with two attached hydrogens (primary N) is 1. The number of epoxide rings is 1. The zero-order valence-corrected chi connectivity index (χ0v) is 23.4. The summed E-state index contributed by atoms with van der Waals surface area (Å²) in [6, 6.07) is -0.648. The Morgan fingerprint density at radius 3 is 2.34 bits per heavy atom. The minimum Gasteiger partial charge on any atom is -0.498 e. The highest BCUT2D eigenvalue weighted by atomic mass is 16.6. The average Bonchev–Trinajstić information content (AvgIpc) is 3.52. The predicted octanol–water partition coefficient (Wildman–Crippen LogP) is 3.76. The molecule has 0 aromatic rings. The summed E-state index contributed by atoms with van der Waals surface area (Å²) in [7, 11) is 1.61. The normalized spacial score (nSPS) is 30.2. The van der Waals surface area contributed by atoms with Gasteiger partial charge in [-0.3, -0.25) is 0 Å². The molecule has 3 unspecified atom stereocenters. The van der Waals surface area contributed by atoms with E-state index in [1.54, 1.807) is 21.3 Å². The van der Waals surface area contributed by atoms with Crippen LogP contribution in [0.25, 0.3) is 0 Å². The smallest absolute Gasteiger partial charge is 0.334 e. The van der Waals surface area contributed by atoms with Crippen molar-refractivity contribution in [1.29, 1.82) is 0 Å². The fourth-order valence-corrected chi connectivity index (χ4v) is 4.49. The minimum absolute atomic E-state index is 0.0421. The van der Waals surface area contributed by atoms with Crippen LogP contribution in [0.1, 0.15) is 87.5 Å². The number of hydrogen-bond donors (Lipinski definition) is 3. The first kappa shape index (κ1) is 30.6. The third-order valence-corrected chi connectivity index (χ3v) is 7.92. The molecule has 7 nitrogen and oxygen atoms in total. The van der Waals surface area contributed by atoms with Gasteiger partial charge >= 0.3 is 7.48 Å². The largest absolute Gasteiger partial charge is 0.498 e. The molecule has 1 heterocycles. The topological polar surface area (TPSA) is 107 Å². The van der Waals surface area contributed by atoms with Crippen LogP contribution >= 0.6 is 0 Å². The minimum atomic E-state index is -1.08. The molecule has 1 aliphatic carbocycles. The summed E-state index contributed by atoms with van der Waals surface area (Å²) in [5, 5.41) is 20.5. The maximum atomic E-state index is 10.5. The average molecular weight is 497 g/mol. The van der Waals surface area contributed by atoms with E-state index in [1.165, 1.54) is 0 Å². The molecule has 1 aliphatic heterocycles. The lowest BCUT2D eigenvalue weighted by atomic mass is 9.65. The number of aliphatic hydroxyl groups excluding tert-OH is 1. The monoisotopic (exact) mass is 496 g/mol. The van der Waals surface area contributed by atoms with Crippen LogP contribution in [0.4, 0.5) is 0 Å². The Bertz CT molecular complexity index is 679. The number of rotatable bonds is 16. The fourth-order valence-electron chi connectivity index (χ4n) is 4.49. The van der Waals surface area contributed by atoms with Gasteiger partial charge in [-0.05, 0) is 59.0 Å². The summed E-state index contributed by atoms with van der Waals surface area (Å²) < 4.78 is 25.0. The molecule has 1 fully saturated rings. The Morgan fingerprint density at radius 1 is 1.17 bits per heavy atom. The van der Waals surface area contributed by atoms with E-state index < -0.39 is 22.7 Å². The molecule has 2 aliphatic rings. The van der Waals surface area contributed by atoms with Gasteiger partial charge in [-0.1, -0.05) is 40.5 Å². The molecule has 0 amide bonds. The maximum absolute atomic E-state index is 10.5. The molecule has 2 rings (SSSR count). The lowest BCUT2D eigenvalue weighted by molar-refractivity contribution is -0.0924. The van der Waals surface area contributed by atoms with Gasteiger partial charge in [0, 0.05) is 18.4 Å². The van der Waals surface area contributed by atoms with Crippen molar-refractivity contribution in [3.05, 3.63) is 11.8 Å². The van der Waals surface area contributed by atoms with Crippen LogP contribution in [0.3, 0.4) is 0 Å². The molecule has 0 aromatic carbocycles. The van der Waals surface area contributed by atoms with Crippen LogP contribution < -0.4 is 5.73 Å². The predicted molar refractivity (Wildman–Crippen MR) is 140 cm³/mol. The summed E-state index contributed by atoms with van der Waals surface area (Å²) >= 11 is 0. The van der Waals surface area contributed by atoms with Crippen LogP contribution in [0.2, 0.25) is 0 Å². The second-order valence-electron chi connectivity index (χ2n) is 11.7. The fraction of sp³-hybridized carbons (Fsp3) is 0.926. The van der Waals surface area contributed by atoms with Gasteiger partial charge in [0.25, 0.3) is 0 Å². The lowest BCUT2D eigenvalue weighted by Gasteiger charge is -2.39. The highest BCUT2D eigenvalue weighted by molar-refractivity contribution is 6.34. The SMILES string of the molecule is CCCCOC1=C[C@H](OCCCC)C(C2OC2([B]OC(C)(C)C(C)(C)O)[C@H](N)CO)C[C@@H]1C(C)C. The van der Waals surface area contributed by atoms with Crippen molar-refractivity contribution in [2.24, 2.45) is 23.5 Å². The highest BCUT2D eigenvalue weighted by Gasteiger charge is 2.66. The molecular weight excluding hydrogens is 445 g/mol. The molecule has 1 saturated heterocycles. The summed E-state index contributed by atoms with van der Waals surface area (Å²) in [5.74, 6) is 1.72. The standard InChI is InChI=1S/C27H51BNO6/c1-9-11-13-32-21-16-22(33-14-12-10-2)20(15-19(21)18(3)4)24-27(34-24,23(29)17-30)28-35-26(7,8)25(5,6)31/h16,18-20,22-24,30-31H,9-15,17,29H2,1-8H3/t19-,20?,22+,23-,24?,27?/m1/s1.